The number of nitrogens with zero attached hydrogens (tertiary/aromatic N) is 1. The molecule has 0 spiro atoms. The molecule has 0 atom stereocenters. The SMILES string of the molecule is COc1cc(CNc2nc3cccc(C)c3s2)c(OC)c2c1C(=O)C=CC2=O. The number of rotatable bonds is 5. The summed E-state index contributed by atoms with van der Waals surface area (Å²) in [6.45, 7) is 2.43. The second kappa shape index (κ2) is 7.09. The van der Waals surface area contributed by atoms with E-state index in [2.05, 4.69) is 23.3 Å². The van der Waals surface area contributed by atoms with Crippen molar-refractivity contribution in [2.75, 3.05) is 19.5 Å². The summed E-state index contributed by atoms with van der Waals surface area (Å²) in [7, 11) is 2.97. The molecule has 0 bridgehead atoms. The molecule has 0 aliphatic heterocycles. The fourth-order valence-electron chi connectivity index (χ4n) is 3.35. The first-order chi connectivity index (χ1) is 13.5. The topological polar surface area (TPSA) is 77.5 Å². The van der Waals surface area contributed by atoms with Gasteiger partial charge in [-0.1, -0.05) is 23.5 Å². The minimum absolute atomic E-state index is 0.242. The highest BCUT2D eigenvalue weighted by Gasteiger charge is 2.29. The predicted octanol–water partition coefficient (Wildman–Crippen LogP) is 4.17. The summed E-state index contributed by atoms with van der Waals surface area (Å²) in [5.74, 6) is 0.187. The first-order valence-electron chi connectivity index (χ1n) is 8.68. The third-order valence-electron chi connectivity index (χ3n) is 4.67. The van der Waals surface area contributed by atoms with Gasteiger partial charge in [0.2, 0.25) is 0 Å². The number of anilines is 1. The van der Waals surface area contributed by atoms with Crippen LogP contribution in [0.3, 0.4) is 0 Å². The number of nitrogens with one attached hydrogen (secondary N) is 1. The number of hydrogen-bond acceptors (Lipinski definition) is 7. The van der Waals surface area contributed by atoms with E-state index in [4.69, 9.17) is 9.47 Å². The van der Waals surface area contributed by atoms with Crippen molar-refractivity contribution in [1.82, 2.24) is 4.98 Å². The Bertz CT molecular complexity index is 1150. The van der Waals surface area contributed by atoms with Crippen LogP contribution in [0, 0.1) is 6.92 Å². The summed E-state index contributed by atoms with van der Waals surface area (Å²) in [5.41, 5.74) is 3.31. The van der Waals surface area contributed by atoms with Crippen LogP contribution in [-0.4, -0.2) is 30.8 Å². The Balaban J connectivity index is 1.73. The molecular weight excluding hydrogens is 376 g/mol. The quantitative estimate of drug-likeness (QED) is 0.700. The number of fused-ring (bicyclic) bond motifs is 2. The molecule has 0 saturated heterocycles. The Hall–Kier alpha value is -3.19. The van der Waals surface area contributed by atoms with Crippen molar-refractivity contribution >= 4 is 38.3 Å². The molecule has 7 heteroatoms. The number of aromatic nitrogens is 1. The molecule has 3 aromatic rings. The number of carbonyl (C=O) groups is 2. The van der Waals surface area contributed by atoms with Gasteiger partial charge in [0, 0.05) is 12.1 Å². The number of carbonyl (C=O) groups excluding carboxylic acids is 2. The molecule has 1 aromatic heterocycles. The molecular formula is C21H18N2O4S. The maximum absolute atomic E-state index is 12.5. The highest BCUT2D eigenvalue weighted by atomic mass is 32.1. The standard InChI is InChI=1S/C21H18N2O4S/c1-11-5-4-6-13-20(11)28-21(23-13)22-10-12-9-16(26-2)17-14(24)7-8-15(25)18(17)19(12)27-3/h4-9H,10H2,1-3H3,(H,22,23). The fraction of sp³-hybridized carbons (Fsp3) is 0.190. The fourth-order valence-corrected chi connectivity index (χ4v) is 4.28. The van der Waals surface area contributed by atoms with Crippen molar-refractivity contribution < 1.29 is 19.1 Å². The summed E-state index contributed by atoms with van der Waals surface area (Å²) in [6.07, 6.45) is 2.52. The van der Waals surface area contributed by atoms with Gasteiger partial charge in [-0.05, 0) is 36.8 Å². The zero-order valence-electron chi connectivity index (χ0n) is 15.7. The van der Waals surface area contributed by atoms with E-state index in [9.17, 15) is 9.59 Å². The maximum Gasteiger partial charge on any atom is 0.190 e. The van der Waals surface area contributed by atoms with Gasteiger partial charge in [-0.3, -0.25) is 9.59 Å². The molecule has 28 heavy (non-hydrogen) atoms. The molecule has 2 aromatic carbocycles. The van der Waals surface area contributed by atoms with Gasteiger partial charge in [0.1, 0.15) is 11.5 Å². The Labute approximate surface area is 165 Å². The van der Waals surface area contributed by atoms with Gasteiger partial charge in [-0.25, -0.2) is 4.98 Å². The molecule has 0 fully saturated rings. The van der Waals surface area contributed by atoms with Gasteiger partial charge >= 0.3 is 0 Å². The number of benzene rings is 2. The second-order valence-corrected chi connectivity index (χ2v) is 7.38. The summed E-state index contributed by atoms with van der Waals surface area (Å²) in [4.78, 5) is 29.4. The van der Waals surface area contributed by atoms with E-state index in [0.717, 1.165) is 15.3 Å². The lowest BCUT2D eigenvalue weighted by Gasteiger charge is -2.20. The summed E-state index contributed by atoms with van der Waals surface area (Å²) in [5, 5.41) is 4.06. The predicted molar refractivity (Wildman–Crippen MR) is 109 cm³/mol. The number of hydrogen-bond donors (Lipinski definition) is 1. The van der Waals surface area contributed by atoms with Crippen LogP contribution in [0.15, 0.2) is 36.4 Å². The van der Waals surface area contributed by atoms with Gasteiger partial charge in [-0.15, -0.1) is 0 Å². The Morgan fingerprint density at radius 2 is 1.82 bits per heavy atom. The molecule has 1 aliphatic carbocycles. The van der Waals surface area contributed by atoms with Crippen molar-refractivity contribution in [3.63, 3.8) is 0 Å². The molecule has 0 saturated carbocycles. The number of thiazole rings is 1. The highest BCUT2D eigenvalue weighted by Crippen LogP contribution is 2.38. The van der Waals surface area contributed by atoms with Gasteiger partial charge in [-0.2, -0.15) is 0 Å². The van der Waals surface area contributed by atoms with Crippen molar-refractivity contribution in [2.24, 2.45) is 0 Å². The van der Waals surface area contributed by atoms with Crippen LogP contribution in [0.25, 0.3) is 10.2 Å². The first kappa shape index (κ1) is 18.2. The number of aryl methyl sites for hydroxylation is 1. The number of ketones is 2. The van der Waals surface area contributed by atoms with Crippen LogP contribution in [0.5, 0.6) is 11.5 Å². The van der Waals surface area contributed by atoms with E-state index in [0.29, 0.717) is 23.6 Å². The number of ether oxygens (including phenoxy) is 2. The third kappa shape index (κ3) is 2.93. The largest absolute Gasteiger partial charge is 0.496 e. The molecule has 1 heterocycles. The van der Waals surface area contributed by atoms with Crippen molar-refractivity contribution in [3.05, 3.63) is 58.7 Å². The zero-order chi connectivity index (χ0) is 19.8. The van der Waals surface area contributed by atoms with E-state index < -0.39 is 0 Å². The van der Waals surface area contributed by atoms with Crippen molar-refractivity contribution in [2.45, 2.75) is 13.5 Å². The van der Waals surface area contributed by atoms with E-state index in [-0.39, 0.29) is 22.7 Å². The molecule has 0 amide bonds. The third-order valence-corrected chi connectivity index (χ3v) is 5.83. The molecule has 6 nitrogen and oxygen atoms in total. The molecule has 0 unspecified atom stereocenters. The molecule has 0 radical (unpaired) electrons. The van der Waals surface area contributed by atoms with Crippen LogP contribution in [0.2, 0.25) is 0 Å². The first-order valence-corrected chi connectivity index (χ1v) is 9.49. The average Bonchev–Trinajstić information content (AvgIpc) is 3.12. The smallest absolute Gasteiger partial charge is 0.190 e. The van der Waals surface area contributed by atoms with Gasteiger partial charge in [0.05, 0.1) is 35.6 Å². The number of methoxy groups -OCH3 is 2. The van der Waals surface area contributed by atoms with Crippen LogP contribution in [0.1, 0.15) is 31.8 Å². The van der Waals surface area contributed by atoms with Gasteiger partial charge in [0.15, 0.2) is 16.7 Å². The van der Waals surface area contributed by atoms with E-state index in [1.807, 2.05) is 12.1 Å². The summed E-state index contributed by atoms with van der Waals surface area (Å²) in [6, 6.07) is 7.74. The van der Waals surface area contributed by atoms with Crippen molar-refractivity contribution in [1.29, 1.82) is 0 Å². The monoisotopic (exact) mass is 394 g/mol. The van der Waals surface area contributed by atoms with E-state index in [1.54, 1.807) is 17.4 Å². The minimum Gasteiger partial charge on any atom is -0.496 e. The van der Waals surface area contributed by atoms with Crippen LogP contribution >= 0.6 is 11.3 Å². The minimum atomic E-state index is -0.276. The van der Waals surface area contributed by atoms with Gasteiger partial charge < -0.3 is 14.8 Å². The zero-order valence-corrected chi connectivity index (χ0v) is 16.5. The molecule has 1 N–H and O–H groups in total. The lowest BCUT2D eigenvalue weighted by molar-refractivity contribution is 0.0988. The lowest BCUT2D eigenvalue weighted by atomic mass is 9.90. The normalized spacial score (nSPS) is 13.0. The molecule has 1 aliphatic rings. The average molecular weight is 394 g/mol. The Morgan fingerprint density at radius 3 is 2.50 bits per heavy atom. The Kier molecular flexibility index (Phi) is 4.60. The van der Waals surface area contributed by atoms with E-state index >= 15 is 0 Å². The highest BCUT2D eigenvalue weighted by molar-refractivity contribution is 7.22. The summed E-state index contributed by atoms with van der Waals surface area (Å²) < 4.78 is 12.0. The maximum atomic E-state index is 12.5. The van der Waals surface area contributed by atoms with Crippen LogP contribution in [-0.2, 0) is 6.54 Å². The lowest BCUT2D eigenvalue weighted by Crippen LogP contribution is -2.17. The Morgan fingerprint density at radius 1 is 1.07 bits per heavy atom. The van der Waals surface area contributed by atoms with Crippen molar-refractivity contribution in [3.8, 4) is 11.5 Å². The molecule has 4 rings (SSSR count). The van der Waals surface area contributed by atoms with E-state index in [1.165, 1.54) is 31.9 Å². The van der Waals surface area contributed by atoms with Crippen LogP contribution < -0.4 is 14.8 Å². The second-order valence-electron chi connectivity index (χ2n) is 6.38. The number of allylic oxidation sites excluding steroid dienone is 2. The summed E-state index contributed by atoms with van der Waals surface area (Å²) >= 11 is 1.57. The van der Waals surface area contributed by atoms with Crippen LogP contribution in [0.4, 0.5) is 5.13 Å². The van der Waals surface area contributed by atoms with Gasteiger partial charge in [0.25, 0.3) is 0 Å². The molecule has 142 valence electrons.